The molecule has 1 aromatic carbocycles. The molecule has 2 unspecified atom stereocenters. The van der Waals surface area contributed by atoms with E-state index in [1.54, 1.807) is 33.1 Å². The zero-order chi connectivity index (χ0) is 31.3. The van der Waals surface area contributed by atoms with Crippen molar-refractivity contribution < 1.29 is 44.3 Å². The van der Waals surface area contributed by atoms with E-state index in [0.717, 1.165) is 12.8 Å². The lowest BCUT2D eigenvalue weighted by atomic mass is 9.57. The number of hydrogen-bond acceptors (Lipinski definition) is 11. The predicted octanol–water partition coefficient (Wildman–Crippen LogP) is 1.77. The van der Waals surface area contributed by atoms with Gasteiger partial charge in [-0.25, -0.2) is 4.79 Å². The van der Waals surface area contributed by atoms with Crippen LogP contribution in [0.1, 0.15) is 43.7 Å². The summed E-state index contributed by atoms with van der Waals surface area (Å²) in [4.78, 5) is 55.0. The van der Waals surface area contributed by atoms with Crippen LogP contribution < -0.4 is 16.0 Å². The Morgan fingerprint density at radius 3 is 2.38 bits per heavy atom. The Hall–Kier alpha value is -4.10. The molecule has 7 N–H and O–H groups in total. The summed E-state index contributed by atoms with van der Waals surface area (Å²) in [5.41, 5.74) is 2.29. The third kappa shape index (κ3) is 4.75. The highest BCUT2D eigenvalue weighted by Crippen LogP contribution is 2.54. The number of aliphatic hydroxyl groups excluding tert-OH is 2. The standard InChI is InChI=1S/C29H38N4O9/c1-6-7-8-9-42-28(40)31-16-12-17(32(2)3)14-10-13-11-15-21(33(4)5)24(36)20(27(30)39)26(38)29(15,41)25(37)18(13)23(35)19(14)22(16)34/h12-13,15,21,34-35,38,41H,6-11H2,1-5H3,(H2,30,39)(H,31,40)/t13?,15?,21-,29-/m0/s1. The summed E-state index contributed by atoms with van der Waals surface area (Å²) >= 11 is 0. The number of ketones is 2. The number of benzene rings is 1. The summed E-state index contributed by atoms with van der Waals surface area (Å²) in [6, 6.07) is 0.361. The minimum atomic E-state index is -2.73. The quantitative estimate of drug-likeness (QED) is 0.147. The van der Waals surface area contributed by atoms with Gasteiger partial charge in [0.1, 0.15) is 17.1 Å². The van der Waals surface area contributed by atoms with Crippen LogP contribution >= 0.6 is 0 Å². The Labute approximate surface area is 243 Å². The molecule has 0 heterocycles. The summed E-state index contributed by atoms with van der Waals surface area (Å²) in [5.74, 6) is -7.43. The van der Waals surface area contributed by atoms with Gasteiger partial charge in [-0.15, -0.1) is 0 Å². The fourth-order valence-corrected chi connectivity index (χ4v) is 6.45. The van der Waals surface area contributed by atoms with Crippen molar-refractivity contribution in [3.05, 3.63) is 34.1 Å². The Balaban J connectivity index is 1.86. The number of rotatable bonds is 8. The van der Waals surface area contributed by atoms with Crippen molar-refractivity contribution in [2.24, 2.45) is 17.6 Å². The predicted molar refractivity (Wildman–Crippen MR) is 153 cm³/mol. The molecule has 0 saturated heterocycles. The van der Waals surface area contributed by atoms with E-state index >= 15 is 0 Å². The number of nitrogens with one attached hydrogen (secondary N) is 1. The van der Waals surface area contributed by atoms with Crippen LogP contribution in [0.2, 0.25) is 0 Å². The fourth-order valence-electron chi connectivity index (χ4n) is 6.45. The van der Waals surface area contributed by atoms with Gasteiger partial charge < -0.3 is 35.8 Å². The van der Waals surface area contributed by atoms with Crippen LogP contribution in [-0.4, -0.2) is 95.3 Å². The van der Waals surface area contributed by atoms with Crippen LogP contribution in [0.4, 0.5) is 16.2 Å². The lowest BCUT2D eigenvalue weighted by molar-refractivity contribution is -0.153. The lowest BCUT2D eigenvalue weighted by Gasteiger charge is -2.50. The summed E-state index contributed by atoms with van der Waals surface area (Å²) in [6.45, 7) is 2.19. The van der Waals surface area contributed by atoms with Gasteiger partial charge in [0, 0.05) is 31.3 Å². The van der Waals surface area contributed by atoms with Crippen LogP contribution in [0.25, 0.3) is 5.76 Å². The van der Waals surface area contributed by atoms with Crippen molar-refractivity contribution in [2.45, 2.75) is 50.7 Å². The van der Waals surface area contributed by atoms with Crippen LogP contribution in [0, 0.1) is 11.8 Å². The van der Waals surface area contributed by atoms with E-state index in [9.17, 15) is 39.6 Å². The second-order valence-corrected chi connectivity index (χ2v) is 11.5. The van der Waals surface area contributed by atoms with Gasteiger partial charge in [0.05, 0.1) is 23.9 Å². The number of nitrogens with zero attached hydrogens (tertiary/aromatic N) is 2. The molecule has 3 aliphatic carbocycles. The number of ether oxygens (including phenoxy) is 1. The maximum Gasteiger partial charge on any atom is 0.411 e. The van der Waals surface area contributed by atoms with Crippen molar-refractivity contribution in [2.75, 3.05) is 45.0 Å². The number of likely N-dealkylation sites (N-methyl/N-ethyl adjacent to an activating group) is 1. The van der Waals surface area contributed by atoms with Crippen molar-refractivity contribution in [1.29, 1.82) is 0 Å². The van der Waals surface area contributed by atoms with Crippen LogP contribution in [-0.2, 0) is 25.5 Å². The maximum absolute atomic E-state index is 14.0. The average molecular weight is 587 g/mol. The topological polar surface area (TPSA) is 203 Å². The molecule has 1 aromatic rings. The Morgan fingerprint density at radius 1 is 1.14 bits per heavy atom. The zero-order valence-corrected chi connectivity index (χ0v) is 24.4. The maximum atomic E-state index is 14.0. The molecule has 2 amide bonds. The van der Waals surface area contributed by atoms with Gasteiger partial charge in [-0.05, 0) is 50.9 Å². The number of aromatic hydroxyl groups is 1. The number of carbonyl (C=O) groups is 4. The van der Waals surface area contributed by atoms with E-state index in [0.29, 0.717) is 17.7 Å². The fraction of sp³-hybridized carbons (Fsp3) is 0.517. The number of anilines is 2. The number of unbranched alkanes of at least 4 members (excludes halogenated alkanes) is 2. The third-order valence-electron chi connectivity index (χ3n) is 8.40. The molecule has 13 heteroatoms. The number of hydrogen-bond donors (Lipinski definition) is 6. The van der Waals surface area contributed by atoms with Gasteiger partial charge in [-0.1, -0.05) is 19.8 Å². The number of aliphatic hydroxyl groups is 3. The molecule has 42 heavy (non-hydrogen) atoms. The zero-order valence-electron chi connectivity index (χ0n) is 24.4. The molecule has 0 aliphatic heterocycles. The number of primary amides is 1. The first-order chi connectivity index (χ1) is 19.7. The molecule has 1 saturated carbocycles. The average Bonchev–Trinajstić information content (AvgIpc) is 2.89. The number of phenols is 1. The van der Waals surface area contributed by atoms with Crippen molar-refractivity contribution >= 4 is 40.7 Å². The number of fused-ring (bicyclic) bond motifs is 3. The molecule has 3 aliphatic rings. The normalized spacial score (nSPS) is 25.2. The van der Waals surface area contributed by atoms with Gasteiger partial charge in [-0.2, -0.15) is 0 Å². The molecule has 0 bridgehead atoms. The summed E-state index contributed by atoms with van der Waals surface area (Å²) in [5, 5.41) is 48.0. The van der Waals surface area contributed by atoms with E-state index < -0.39 is 69.9 Å². The lowest BCUT2D eigenvalue weighted by Crippen LogP contribution is -2.65. The second-order valence-electron chi connectivity index (χ2n) is 11.5. The van der Waals surface area contributed by atoms with Crippen molar-refractivity contribution in [3.63, 3.8) is 0 Å². The van der Waals surface area contributed by atoms with Crippen LogP contribution in [0.3, 0.4) is 0 Å². The van der Waals surface area contributed by atoms with Gasteiger partial charge in [0.25, 0.3) is 5.91 Å². The molecular weight excluding hydrogens is 548 g/mol. The Morgan fingerprint density at radius 2 is 1.81 bits per heavy atom. The summed E-state index contributed by atoms with van der Waals surface area (Å²) in [6.07, 6.45) is 1.77. The molecule has 0 radical (unpaired) electrons. The SMILES string of the molecule is CCCCCOC(=O)Nc1cc(N(C)C)c2c(c1O)C(O)=C1C(=O)[C@]3(O)C(O)=C(C(N)=O)C(=O)[C@@H](N(C)C)C3CC1C2. The first-order valence-electron chi connectivity index (χ1n) is 13.8. The van der Waals surface area contributed by atoms with E-state index in [4.69, 9.17) is 10.5 Å². The molecule has 4 atom stereocenters. The van der Waals surface area contributed by atoms with E-state index in [1.165, 1.54) is 11.0 Å². The van der Waals surface area contributed by atoms with Gasteiger partial charge in [0.15, 0.2) is 17.1 Å². The van der Waals surface area contributed by atoms with Crippen LogP contribution in [0.5, 0.6) is 5.75 Å². The summed E-state index contributed by atoms with van der Waals surface area (Å²) < 4.78 is 5.19. The number of phenolic OH excluding ortho intramolecular Hbond substituents is 1. The van der Waals surface area contributed by atoms with E-state index in [1.807, 2.05) is 6.92 Å². The number of amides is 2. The molecule has 4 rings (SSSR count). The molecule has 0 spiro atoms. The smallest absolute Gasteiger partial charge is 0.411 e. The van der Waals surface area contributed by atoms with Crippen molar-refractivity contribution in [1.82, 2.24) is 4.90 Å². The minimum Gasteiger partial charge on any atom is -0.508 e. The highest BCUT2D eigenvalue weighted by molar-refractivity contribution is 6.24. The highest BCUT2D eigenvalue weighted by Gasteiger charge is 2.64. The molecule has 13 nitrogen and oxygen atoms in total. The highest BCUT2D eigenvalue weighted by atomic mass is 16.5. The Bertz CT molecular complexity index is 1410. The minimum absolute atomic E-state index is 0.0243. The monoisotopic (exact) mass is 586 g/mol. The van der Waals surface area contributed by atoms with Gasteiger partial charge in [0.2, 0.25) is 5.78 Å². The first-order valence-corrected chi connectivity index (χ1v) is 13.8. The number of nitrogens with two attached hydrogens (primary N) is 1. The molecule has 0 aromatic heterocycles. The van der Waals surface area contributed by atoms with E-state index in [-0.39, 0.29) is 36.3 Å². The van der Waals surface area contributed by atoms with Crippen molar-refractivity contribution in [3.8, 4) is 5.75 Å². The largest absolute Gasteiger partial charge is 0.508 e. The number of carbonyl (C=O) groups excluding carboxylic acids is 4. The summed E-state index contributed by atoms with van der Waals surface area (Å²) in [7, 11) is 6.55. The second kappa shape index (κ2) is 11.3. The molecular formula is C29H38N4O9. The number of Topliss-reactive ketones (excluding diaryl/α,β-unsaturated/α-hetero) is 2. The van der Waals surface area contributed by atoms with Crippen LogP contribution in [0.15, 0.2) is 23.0 Å². The van der Waals surface area contributed by atoms with Gasteiger partial charge >= 0.3 is 6.09 Å². The van der Waals surface area contributed by atoms with E-state index in [2.05, 4.69) is 5.32 Å². The third-order valence-corrected chi connectivity index (χ3v) is 8.40. The van der Waals surface area contributed by atoms with Gasteiger partial charge in [-0.3, -0.25) is 24.6 Å². The first kappa shape index (κ1) is 30.8. The Kier molecular flexibility index (Phi) is 8.29. The molecule has 228 valence electrons. The molecule has 1 fully saturated rings.